The lowest BCUT2D eigenvalue weighted by Crippen LogP contribution is -2.41. The normalized spacial score (nSPS) is 11.8. The van der Waals surface area contributed by atoms with Crippen molar-refractivity contribution in [3.8, 4) is 5.75 Å². The van der Waals surface area contributed by atoms with Crippen LogP contribution >= 0.6 is 23.2 Å². The predicted molar refractivity (Wildman–Crippen MR) is 122 cm³/mol. The summed E-state index contributed by atoms with van der Waals surface area (Å²) in [5.41, 5.74) is 1.48. The lowest BCUT2D eigenvalue weighted by Gasteiger charge is -2.22. The molecule has 0 aliphatic carbocycles. The maximum atomic E-state index is 12.3. The van der Waals surface area contributed by atoms with Crippen molar-refractivity contribution in [3.05, 3.63) is 58.1 Å². The van der Waals surface area contributed by atoms with Gasteiger partial charge in [-0.1, -0.05) is 56.1 Å². The molecule has 2 aromatic rings. The van der Waals surface area contributed by atoms with E-state index in [4.69, 9.17) is 27.9 Å². The number of hydrogen-bond acceptors (Lipinski definition) is 4. The van der Waals surface area contributed by atoms with Gasteiger partial charge in [-0.05, 0) is 41.3 Å². The summed E-state index contributed by atoms with van der Waals surface area (Å²) in [6, 6.07) is 12.1. The molecule has 1 amide bonds. The number of rotatable bonds is 8. The van der Waals surface area contributed by atoms with Crippen LogP contribution in [0, 0.1) is 0 Å². The van der Waals surface area contributed by atoms with Crippen LogP contribution in [0.4, 0.5) is 5.69 Å². The second-order valence-electron chi connectivity index (χ2n) is 7.87. The fourth-order valence-electron chi connectivity index (χ4n) is 2.68. The monoisotopic (exact) mass is 472 g/mol. The van der Waals surface area contributed by atoms with Gasteiger partial charge in [-0.2, -0.15) is 0 Å². The first kappa shape index (κ1) is 24.3. The number of benzene rings is 2. The molecule has 2 rings (SSSR count). The number of anilines is 1. The third-order valence-electron chi connectivity index (χ3n) is 4.24. The average Bonchev–Trinajstić information content (AvgIpc) is 2.61. The molecular formula is C21H26Cl2N2O4S. The van der Waals surface area contributed by atoms with E-state index in [-0.39, 0.29) is 34.3 Å². The second-order valence-corrected chi connectivity index (χ2v) is 10.6. The van der Waals surface area contributed by atoms with Gasteiger partial charge < -0.3 is 10.1 Å². The number of sulfonamides is 1. The van der Waals surface area contributed by atoms with Crippen LogP contribution in [-0.4, -0.2) is 40.3 Å². The van der Waals surface area contributed by atoms with Gasteiger partial charge in [0.15, 0.2) is 0 Å². The molecule has 0 aromatic heterocycles. The summed E-state index contributed by atoms with van der Waals surface area (Å²) in [6.45, 7) is 6.49. The fraction of sp³-hybridized carbons (Fsp3) is 0.381. The molecule has 0 bridgehead atoms. The van der Waals surface area contributed by atoms with Crippen molar-refractivity contribution in [2.75, 3.05) is 30.3 Å². The summed E-state index contributed by atoms with van der Waals surface area (Å²) in [6.07, 6.45) is 1.01. The van der Waals surface area contributed by atoms with Gasteiger partial charge in [-0.25, -0.2) is 8.42 Å². The average molecular weight is 473 g/mol. The number of carbonyl (C=O) groups is 1. The summed E-state index contributed by atoms with van der Waals surface area (Å²) in [5, 5.41) is 3.20. The number of nitrogens with one attached hydrogen (secondary N) is 1. The Kier molecular flexibility index (Phi) is 8.02. The van der Waals surface area contributed by atoms with Crippen molar-refractivity contribution in [1.82, 2.24) is 5.32 Å². The largest absolute Gasteiger partial charge is 0.492 e. The van der Waals surface area contributed by atoms with Crippen molar-refractivity contribution in [2.24, 2.45) is 0 Å². The molecular weight excluding hydrogens is 447 g/mol. The van der Waals surface area contributed by atoms with Crippen molar-refractivity contribution in [3.63, 3.8) is 0 Å². The zero-order valence-electron chi connectivity index (χ0n) is 17.4. The van der Waals surface area contributed by atoms with Crippen molar-refractivity contribution >= 4 is 44.8 Å². The smallest absolute Gasteiger partial charge is 0.240 e. The van der Waals surface area contributed by atoms with Crippen molar-refractivity contribution < 1.29 is 17.9 Å². The standard InChI is InChI=1S/C21H26Cl2N2O4S/c1-21(2,3)15-5-7-19(8-6-15)29-10-9-24-20(26)14-25(30(4,27)28)18-12-16(22)11-17(23)13-18/h5-8,11-13H,9-10,14H2,1-4H3,(H,24,26). The molecule has 0 atom stereocenters. The highest BCUT2D eigenvalue weighted by atomic mass is 35.5. The van der Waals surface area contributed by atoms with Gasteiger partial charge in [0.05, 0.1) is 18.5 Å². The molecule has 0 heterocycles. The molecule has 164 valence electrons. The highest BCUT2D eigenvalue weighted by Gasteiger charge is 2.21. The van der Waals surface area contributed by atoms with E-state index in [1.54, 1.807) is 0 Å². The predicted octanol–water partition coefficient (Wildman–Crippen LogP) is 4.25. The first-order valence-corrected chi connectivity index (χ1v) is 11.9. The second kappa shape index (κ2) is 9.90. The Balaban J connectivity index is 1.90. The third kappa shape index (κ3) is 7.38. The van der Waals surface area contributed by atoms with Crippen LogP contribution in [0.5, 0.6) is 5.75 Å². The van der Waals surface area contributed by atoms with Gasteiger partial charge in [-0.15, -0.1) is 0 Å². The van der Waals surface area contributed by atoms with Crippen LogP contribution in [0.1, 0.15) is 26.3 Å². The Hall–Kier alpha value is -1.96. The topological polar surface area (TPSA) is 75.7 Å². The van der Waals surface area contributed by atoms with Crippen LogP contribution in [0.2, 0.25) is 10.0 Å². The molecule has 0 saturated carbocycles. The molecule has 0 radical (unpaired) electrons. The molecule has 2 aromatic carbocycles. The van der Waals surface area contributed by atoms with E-state index < -0.39 is 22.5 Å². The molecule has 6 nitrogen and oxygen atoms in total. The molecule has 0 fully saturated rings. The minimum atomic E-state index is -3.71. The van der Waals surface area contributed by atoms with Gasteiger partial charge in [-0.3, -0.25) is 9.10 Å². The summed E-state index contributed by atoms with van der Waals surface area (Å²) in [4.78, 5) is 12.3. The number of halogens is 2. The Morgan fingerprint density at radius 2 is 1.63 bits per heavy atom. The van der Waals surface area contributed by atoms with Gasteiger partial charge >= 0.3 is 0 Å². The quantitative estimate of drug-likeness (QED) is 0.582. The van der Waals surface area contributed by atoms with E-state index >= 15 is 0 Å². The van der Waals surface area contributed by atoms with Crippen molar-refractivity contribution in [1.29, 1.82) is 0 Å². The molecule has 0 spiro atoms. The number of ether oxygens (including phenoxy) is 1. The Labute approximate surface area is 188 Å². The van der Waals surface area contributed by atoms with E-state index in [2.05, 4.69) is 26.1 Å². The van der Waals surface area contributed by atoms with E-state index in [1.165, 1.54) is 23.8 Å². The molecule has 0 saturated heterocycles. The Morgan fingerprint density at radius 1 is 1.07 bits per heavy atom. The summed E-state index contributed by atoms with van der Waals surface area (Å²) < 4.78 is 30.9. The van der Waals surface area contributed by atoms with Crippen molar-refractivity contribution in [2.45, 2.75) is 26.2 Å². The van der Waals surface area contributed by atoms with E-state index in [0.29, 0.717) is 5.75 Å². The lowest BCUT2D eigenvalue weighted by atomic mass is 9.87. The van der Waals surface area contributed by atoms with Gasteiger partial charge in [0.2, 0.25) is 15.9 Å². The maximum Gasteiger partial charge on any atom is 0.240 e. The zero-order valence-corrected chi connectivity index (χ0v) is 19.7. The Bertz CT molecular complexity index is 967. The first-order valence-electron chi connectivity index (χ1n) is 9.30. The lowest BCUT2D eigenvalue weighted by molar-refractivity contribution is -0.119. The first-order chi connectivity index (χ1) is 13.9. The van der Waals surface area contributed by atoms with E-state index in [0.717, 1.165) is 10.6 Å². The summed E-state index contributed by atoms with van der Waals surface area (Å²) >= 11 is 11.9. The van der Waals surface area contributed by atoms with Gasteiger partial charge in [0.1, 0.15) is 18.9 Å². The Morgan fingerprint density at radius 3 is 2.13 bits per heavy atom. The minimum Gasteiger partial charge on any atom is -0.492 e. The van der Waals surface area contributed by atoms with Crippen LogP contribution < -0.4 is 14.4 Å². The molecule has 9 heteroatoms. The molecule has 30 heavy (non-hydrogen) atoms. The van der Waals surface area contributed by atoms with Gasteiger partial charge in [0.25, 0.3) is 0 Å². The third-order valence-corrected chi connectivity index (χ3v) is 5.81. The zero-order chi connectivity index (χ0) is 22.5. The number of amides is 1. The SMILES string of the molecule is CC(C)(C)c1ccc(OCCNC(=O)CN(c2cc(Cl)cc(Cl)c2)S(C)(=O)=O)cc1. The van der Waals surface area contributed by atoms with Crippen LogP contribution in [0.15, 0.2) is 42.5 Å². The van der Waals surface area contributed by atoms with E-state index in [1.807, 2.05) is 24.3 Å². The van der Waals surface area contributed by atoms with E-state index in [9.17, 15) is 13.2 Å². The molecule has 0 aliphatic heterocycles. The highest BCUT2D eigenvalue weighted by molar-refractivity contribution is 7.92. The molecule has 1 N–H and O–H groups in total. The molecule has 0 aliphatic rings. The maximum absolute atomic E-state index is 12.3. The highest BCUT2D eigenvalue weighted by Crippen LogP contribution is 2.27. The fourth-order valence-corrected chi connectivity index (χ4v) is 4.03. The van der Waals surface area contributed by atoms with Gasteiger partial charge in [0, 0.05) is 10.0 Å². The minimum absolute atomic E-state index is 0.0607. The summed E-state index contributed by atoms with van der Waals surface area (Å²) in [5.74, 6) is 0.229. The van der Waals surface area contributed by atoms with Crippen LogP contribution in [-0.2, 0) is 20.2 Å². The molecule has 0 unspecified atom stereocenters. The number of nitrogens with zero attached hydrogens (tertiary/aromatic N) is 1. The summed E-state index contributed by atoms with van der Waals surface area (Å²) in [7, 11) is -3.71. The van der Waals surface area contributed by atoms with Crippen LogP contribution in [0.25, 0.3) is 0 Å². The number of hydrogen-bond donors (Lipinski definition) is 1. The number of carbonyl (C=O) groups excluding carboxylic acids is 1. The van der Waals surface area contributed by atoms with Crippen LogP contribution in [0.3, 0.4) is 0 Å².